The van der Waals surface area contributed by atoms with Crippen molar-refractivity contribution in [2.45, 2.75) is 39.0 Å². The Bertz CT molecular complexity index is 551. The predicted molar refractivity (Wildman–Crippen MR) is 91.4 cm³/mol. The molecule has 3 N–H and O–H groups in total. The number of carboxylic acid groups (broad SMARTS) is 1. The first-order valence-corrected chi connectivity index (χ1v) is 8.10. The minimum atomic E-state index is -0.881. The molecule has 1 amide bonds. The second-order valence-corrected chi connectivity index (χ2v) is 5.51. The quantitative estimate of drug-likeness (QED) is 0.275. The number of ether oxygens (including phenoxy) is 1. The third-order valence-electron chi connectivity index (χ3n) is 3.59. The molecule has 134 valence electrons. The Morgan fingerprint density at radius 2 is 2.00 bits per heavy atom. The van der Waals surface area contributed by atoms with Gasteiger partial charge in [0.05, 0.1) is 17.6 Å². The van der Waals surface area contributed by atoms with E-state index in [0.717, 1.165) is 32.1 Å². The van der Waals surface area contributed by atoms with E-state index in [4.69, 9.17) is 15.6 Å². The first-order valence-electron chi connectivity index (χ1n) is 8.10. The molecule has 0 fully saturated rings. The number of hydrogen-bond donors (Lipinski definition) is 2. The molecule has 0 aliphatic carbocycles. The zero-order chi connectivity index (χ0) is 17.9. The zero-order valence-corrected chi connectivity index (χ0v) is 13.9. The number of anilines is 1. The molecule has 0 bridgehead atoms. The van der Waals surface area contributed by atoms with Crippen LogP contribution < -0.4 is 10.5 Å². The van der Waals surface area contributed by atoms with Crippen LogP contribution in [0.4, 0.5) is 16.2 Å². The van der Waals surface area contributed by atoms with Crippen LogP contribution in [0.2, 0.25) is 0 Å². The molecule has 0 unspecified atom stereocenters. The molecule has 8 heteroatoms. The van der Waals surface area contributed by atoms with Gasteiger partial charge in [-0.2, -0.15) is 0 Å². The minimum absolute atomic E-state index is 0.105. The van der Waals surface area contributed by atoms with Gasteiger partial charge in [-0.05, 0) is 37.8 Å². The predicted octanol–water partition coefficient (Wildman–Crippen LogP) is 3.51. The highest BCUT2D eigenvalue weighted by Crippen LogP contribution is 2.26. The molecule has 0 radical (unpaired) electrons. The number of nitrogens with zero attached hydrogens (tertiary/aromatic N) is 2. The van der Waals surface area contributed by atoms with E-state index in [1.807, 2.05) is 6.92 Å². The number of amides is 1. The summed E-state index contributed by atoms with van der Waals surface area (Å²) in [5.74, 6) is 0.408. The van der Waals surface area contributed by atoms with Crippen LogP contribution in [0, 0.1) is 10.1 Å². The maximum atomic E-state index is 11.1. The van der Waals surface area contributed by atoms with Crippen molar-refractivity contribution in [3.05, 3.63) is 28.3 Å². The molecular formula is C16H25N3O5. The van der Waals surface area contributed by atoms with Gasteiger partial charge >= 0.3 is 6.09 Å². The molecule has 0 atom stereocenters. The number of nitro groups is 1. The van der Waals surface area contributed by atoms with Gasteiger partial charge in [-0.1, -0.05) is 13.3 Å². The lowest BCUT2D eigenvalue weighted by Crippen LogP contribution is -2.31. The summed E-state index contributed by atoms with van der Waals surface area (Å²) in [5, 5.41) is 19.9. The molecule has 1 rings (SSSR count). The minimum Gasteiger partial charge on any atom is -0.493 e. The molecule has 24 heavy (non-hydrogen) atoms. The highest BCUT2D eigenvalue weighted by atomic mass is 16.6. The van der Waals surface area contributed by atoms with Crippen LogP contribution in [-0.2, 0) is 0 Å². The van der Waals surface area contributed by atoms with Gasteiger partial charge in [0.2, 0.25) is 0 Å². The summed E-state index contributed by atoms with van der Waals surface area (Å²) in [6.45, 7) is 3.53. The lowest BCUT2D eigenvalue weighted by atomic mass is 10.2. The van der Waals surface area contributed by atoms with Gasteiger partial charge in [0, 0.05) is 13.1 Å². The number of unbranched alkanes of at least 4 members (excludes halogenated alkanes) is 3. The Kier molecular flexibility index (Phi) is 8.38. The molecule has 0 spiro atoms. The van der Waals surface area contributed by atoms with E-state index >= 15 is 0 Å². The maximum Gasteiger partial charge on any atom is 0.407 e. The van der Waals surface area contributed by atoms with Crippen molar-refractivity contribution in [3.63, 3.8) is 0 Å². The summed E-state index contributed by atoms with van der Waals surface area (Å²) in [6.07, 6.45) is 3.29. The largest absolute Gasteiger partial charge is 0.493 e. The van der Waals surface area contributed by atoms with Crippen molar-refractivity contribution in [3.8, 4) is 5.75 Å². The number of rotatable bonds is 11. The van der Waals surface area contributed by atoms with Crippen molar-refractivity contribution in [2.75, 3.05) is 25.4 Å². The van der Waals surface area contributed by atoms with E-state index in [-0.39, 0.29) is 11.4 Å². The fraction of sp³-hybridized carbons (Fsp3) is 0.562. The van der Waals surface area contributed by atoms with Gasteiger partial charge in [0.25, 0.3) is 5.69 Å². The fourth-order valence-corrected chi connectivity index (χ4v) is 2.19. The number of carbonyl (C=O) groups is 1. The molecule has 0 saturated heterocycles. The first-order chi connectivity index (χ1) is 11.5. The van der Waals surface area contributed by atoms with Crippen LogP contribution in [-0.4, -0.2) is 40.7 Å². The Balaban J connectivity index is 2.27. The fourth-order valence-electron chi connectivity index (χ4n) is 2.19. The second-order valence-electron chi connectivity index (χ2n) is 5.51. The van der Waals surface area contributed by atoms with E-state index in [2.05, 4.69) is 0 Å². The van der Waals surface area contributed by atoms with Crippen molar-refractivity contribution < 1.29 is 19.6 Å². The SMILES string of the molecule is CCCCN(CCCCCOc1ccc(N)c([N+](=O)[O-])c1)C(=O)O. The maximum absolute atomic E-state index is 11.1. The van der Waals surface area contributed by atoms with Crippen molar-refractivity contribution in [1.82, 2.24) is 4.90 Å². The summed E-state index contributed by atoms with van der Waals surface area (Å²) in [6, 6.07) is 4.36. The lowest BCUT2D eigenvalue weighted by Gasteiger charge is -2.18. The standard InChI is InChI=1S/C16H25N3O5/c1-2-3-9-18(16(20)21)10-5-4-6-11-24-13-7-8-14(17)15(12-13)19(22)23/h7-8,12H,2-6,9-11,17H2,1H3,(H,20,21). The number of benzene rings is 1. The monoisotopic (exact) mass is 339 g/mol. The topological polar surface area (TPSA) is 119 Å². The normalized spacial score (nSPS) is 10.4. The zero-order valence-electron chi connectivity index (χ0n) is 13.9. The third kappa shape index (κ3) is 6.72. The van der Waals surface area contributed by atoms with E-state index in [1.54, 1.807) is 6.07 Å². The lowest BCUT2D eigenvalue weighted by molar-refractivity contribution is -0.384. The molecule has 0 aliphatic heterocycles. The Hall–Kier alpha value is -2.51. The average Bonchev–Trinajstić information content (AvgIpc) is 2.54. The molecule has 0 aliphatic rings. The molecule has 1 aromatic carbocycles. The summed E-state index contributed by atoms with van der Waals surface area (Å²) in [4.78, 5) is 22.8. The van der Waals surface area contributed by atoms with Crippen molar-refractivity contribution in [1.29, 1.82) is 0 Å². The molecule has 8 nitrogen and oxygen atoms in total. The number of hydrogen-bond acceptors (Lipinski definition) is 5. The summed E-state index contributed by atoms with van der Waals surface area (Å²) < 4.78 is 5.48. The van der Waals surface area contributed by atoms with Crippen molar-refractivity contribution in [2.24, 2.45) is 0 Å². The summed E-state index contributed by atoms with van der Waals surface area (Å²) in [5.41, 5.74) is 5.46. The number of nitrogens with two attached hydrogens (primary N) is 1. The van der Waals surface area contributed by atoms with Gasteiger partial charge < -0.3 is 20.5 Å². The van der Waals surface area contributed by atoms with Crippen LogP contribution in [0.3, 0.4) is 0 Å². The molecule has 0 aromatic heterocycles. The van der Waals surface area contributed by atoms with Crippen LogP contribution >= 0.6 is 0 Å². The molecule has 1 aromatic rings. The Labute approximate surface area is 141 Å². The smallest absolute Gasteiger partial charge is 0.407 e. The highest BCUT2D eigenvalue weighted by molar-refractivity contribution is 5.64. The van der Waals surface area contributed by atoms with Gasteiger partial charge in [-0.3, -0.25) is 10.1 Å². The van der Waals surface area contributed by atoms with Crippen LogP contribution in [0.25, 0.3) is 0 Å². The van der Waals surface area contributed by atoms with Gasteiger partial charge in [-0.15, -0.1) is 0 Å². The van der Waals surface area contributed by atoms with E-state index in [9.17, 15) is 14.9 Å². The number of nitrogen functional groups attached to an aromatic ring is 1. The van der Waals surface area contributed by atoms with Gasteiger partial charge in [0.1, 0.15) is 11.4 Å². The molecule has 0 saturated carbocycles. The third-order valence-corrected chi connectivity index (χ3v) is 3.59. The first kappa shape index (κ1) is 19.5. The highest BCUT2D eigenvalue weighted by Gasteiger charge is 2.12. The summed E-state index contributed by atoms with van der Waals surface area (Å²) in [7, 11) is 0. The van der Waals surface area contributed by atoms with Gasteiger partial charge in [0.15, 0.2) is 0 Å². The Morgan fingerprint density at radius 3 is 2.62 bits per heavy atom. The number of nitro benzene ring substituents is 1. The van der Waals surface area contributed by atoms with E-state index in [1.165, 1.54) is 17.0 Å². The second kappa shape index (κ2) is 10.3. The van der Waals surface area contributed by atoms with E-state index < -0.39 is 11.0 Å². The molecule has 0 heterocycles. The average molecular weight is 339 g/mol. The Morgan fingerprint density at radius 1 is 1.29 bits per heavy atom. The summed E-state index contributed by atoms with van der Waals surface area (Å²) >= 11 is 0. The van der Waals surface area contributed by atoms with Crippen LogP contribution in [0.15, 0.2) is 18.2 Å². The van der Waals surface area contributed by atoms with E-state index in [0.29, 0.717) is 25.4 Å². The van der Waals surface area contributed by atoms with Crippen molar-refractivity contribution >= 4 is 17.5 Å². The van der Waals surface area contributed by atoms with Crippen LogP contribution in [0.1, 0.15) is 39.0 Å². The molecular weight excluding hydrogens is 314 g/mol. The van der Waals surface area contributed by atoms with Crippen LogP contribution in [0.5, 0.6) is 5.75 Å². The van der Waals surface area contributed by atoms with Gasteiger partial charge in [-0.25, -0.2) is 4.79 Å².